The van der Waals surface area contributed by atoms with E-state index in [4.69, 9.17) is 0 Å². The van der Waals surface area contributed by atoms with Crippen LogP contribution < -0.4 is 10.0 Å². The number of aromatic nitrogens is 2. The first-order valence-corrected chi connectivity index (χ1v) is 11.5. The van der Waals surface area contributed by atoms with Crippen LogP contribution in [0.2, 0.25) is 0 Å². The number of nitrogens with one attached hydrogen (secondary N) is 2. The number of anilines is 2. The van der Waals surface area contributed by atoms with Gasteiger partial charge in [-0.3, -0.25) is 24.3 Å². The minimum absolute atomic E-state index is 0.0409. The molecule has 4 aromatic rings. The van der Waals surface area contributed by atoms with Crippen molar-refractivity contribution in [1.29, 1.82) is 0 Å². The van der Waals surface area contributed by atoms with Gasteiger partial charge < -0.3 is 5.32 Å². The molecular formula is C23H19N5O5S. The summed E-state index contributed by atoms with van der Waals surface area (Å²) in [6.07, 6.45) is 3.51. The first-order chi connectivity index (χ1) is 16.3. The maximum absolute atomic E-state index is 13.0. The highest BCUT2D eigenvalue weighted by molar-refractivity contribution is 7.92. The highest BCUT2D eigenvalue weighted by Crippen LogP contribution is 2.24. The number of hydrogen-bond acceptors (Lipinski definition) is 6. The Kier molecular flexibility index (Phi) is 6.37. The van der Waals surface area contributed by atoms with E-state index in [1.165, 1.54) is 30.3 Å². The van der Waals surface area contributed by atoms with Gasteiger partial charge in [0.25, 0.3) is 21.6 Å². The third-order valence-corrected chi connectivity index (χ3v) is 6.21. The largest absolute Gasteiger partial charge is 0.322 e. The Hall–Kier alpha value is -4.51. The van der Waals surface area contributed by atoms with Gasteiger partial charge in [-0.15, -0.1) is 0 Å². The summed E-state index contributed by atoms with van der Waals surface area (Å²) in [6.45, 7) is 0.524. The van der Waals surface area contributed by atoms with Gasteiger partial charge in [0.2, 0.25) is 0 Å². The molecule has 2 N–H and O–H groups in total. The lowest BCUT2D eigenvalue weighted by atomic mass is 10.1. The Bertz CT molecular complexity index is 1450. The zero-order valence-electron chi connectivity index (χ0n) is 17.7. The second-order valence-corrected chi connectivity index (χ2v) is 8.95. The minimum atomic E-state index is -4.18. The number of carbonyl (C=O) groups excluding carboxylic acids is 1. The Balaban J connectivity index is 1.55. The number of nitro benzene ring substituents is 1. The Morgan fingerprint density at radius 1 is 1.00 bits per heavy atom. The molecule has 10 nitrogen and oxygen atoms in total. The fourth-order valence-electron chi connectivity index (χ4n) is 3.26. The predicted molar refractivity (Wildman–Crippen MR) is 126 cm³/mol. The van der Waals surface area contributed by atoms with Crippen LogP contribution in [0, 0.1) is 10.1 Å². The molecule has 0 radical (unpaired) electrons. The van der Waals surface area contributed by atoms with E-state index in [0.717, 1.165) is 11.6 Å². The van der Waals surface area contributed by atoms with Gasteiger partial charge in [-0.25, -0.2) is 8.42 Å². The van der Waals surface area contributed by atoms with Gasteiger partial charge in [0, 0.05) is 30.2 Å². The van der Waals surface area contributed by atoms with E-state index in [-0.39, 0.29) is 21.8 Å². The van der Waals surface area contributed by atoms with Crippen molar-refractivity contribution in [3.8, 4) is 0 Å². The average Bonchev–Trinajstić information content (AvgIpc) is 3.32. The van der Waals surface area contributed by atoms with E-state index in [2.05, 4.69) is 15.1 Å². The van der Waals surface area contributed by atoms with E-state index in [9.17, 15) is 23.3 Å². The molecule has 0 saturated carbocycles. The van der Waals surface area contributed by atoms with Crippen molar-refractivity contribution in [2.75, 3.05) is 10.0 Å². The van der Waals surface area contributed by atoms with Gasteiger partial charge in [-0.05, 0) is 42.0 Å². The first-order valence-electron chi connectivity index (χ1n) is 10.1. The topological polar surface area (TPSA) is 136 Å². The predicted octanol–water partition coefficient (Wildman–Crippen LogP) is 3.89. The van der Waals surface area contributed by atoms with E-state index < -0.39 is 20.9 Å². The molecule has 172 valence electrons. The van der Waals surface area contributed by atoms with Crippen LogP contribution in [0.15, 0.2) is 96.2 Å². The van der Waals surface area contributed by atoms with Gasteiger partial charge >= 0.3 is 0 Å². The van der Waals surface area contributed by atoms with Crippen LogP contribution in [0.4, 0.5) is 17.1 Å². The fraction of sp³-hybridized carbons (Fsp3) is 0.0435. The number of carbonyl (C=O) groups is 1. The first kappa shape index (κ1) is 22.7. The molecule has 0 fully saturated rings. The number of sulfonamides is 1. The summed E-state index contributed by atoms with van der Waals surface area (Å²) in [7, 11) is -4.18. The van der Waals surface area contributed by atoms with Crippen molar-refractivity contribution in [3.63, 3.8) is 0 Å². The van der Waals surface area contributed by atoms with Gasteiger partial charge in [0.1, 0.15) is 0 Å². The molecular weight excluding hydrogens is 458 g/mol. The highest BCUT2D eigenvalue weighted by Gasteiger charge is 2.21. The summed E-state index contributed by atoms with van der Waals surface area (Å²) in [5, 5.41) is 17.9. The smallest absolute Gasteiger partial charge is 0.270 e. The molecule has 0 bridgehead atoms. The number of para-hydroxylation sites is 1. The van der Waals surface area contributed by atoms with E-state index in [0.29, 0.717) is 12.2 Å². The number of benzene rings is 3. The number of rotatable bonds is 8. The lowest BCUT2D eigenvalue weighted by molar-refractivity contribution is -0.385. The van der Waals surface area contributed by atoms with Crippen molar-refractivity contribution in [2.24, 2.45) is 0 Å². The molecule has 1 aromatic heterocycles. The SMILES string of the molecule is O=C(Nc1cccc(Cn2cccn2)c1)c1ccccc1NS(=O)(=O)c1cccc([N+](=O)[O-])c1. The Labute approximate surface area is 195 Å². The van der Waals surface area contributed by atoms with Gasteiger partial charge in [0.15, 0.2) is 0 Å². The summed E-state index contributed by atoms with van der Waals surface area (Å²) < 4.78 is 29.8. The van der Waals surface area contributed by atoms with Crippen LogP contribution in [0.3, 0.4) is 0 Å². The van der Waals surface area contributed by atoms with Crippen molar-refractivity contribution >= 4 is 33.0 Å². The van der Waals surface area contributed by atoms with Crippen molar-refractivity contribution in [3.05, 3.63) is 112 Å². The summed E-state index contributed by atoms with van der Waals surface area (Å²) in [4.78, 5) is 23.0. The molecule has 0 atom stereocenters. The monoisotopic (exact) mass is 477 g/mol. The number of hydrogen-bond donors (Lipinski definition) is 2. The summed E-state index contributed by atoms with van der Waals surface area (Å²) in [5.74, 6) is -0.520. The van der Waals surface area contributed by atoms with Gasteiger partial charge in [-0.1, -0.05) is 30.3 Å². The molecule has 3 aromatic carbocycles. The van der Waals surface area contributed by atoms with Crippen molar-refractivity contribution < 1.29 is 18.1 Å². The Morgan fingerprint density at radius 2 is 1.79 bits per heavy atom. The van der Waals surface area contributed by atoms with E-state index in [1.807, 2.05) is 18.3 Å². The molecule has 11 heteroatoms. The minimum Gasteiger partial charge on any atom is -0.322 e. The molecule has 34 heavy (non-hydrogen) atoms. The van der Waals surface area contributed by atoms with Crippen LogP contribution >= 0.6 is 0 Å². The highest BCUT2D eigenvalue weighted by atomic mass is 32.2. The normalized spacial score (nSPS) is 11.1. The number of amides is 1. The molecule has 0 aliphatic heterocycles. The Morgan fingerprint density at radius 3 is 2.56 bits per heavy atom. The molecule has 0 saturated heterocycles. The zero-order chi connectivity index (χ0) is 24.1. The van der Waals surface area contributed by atoms with Gasteiger partial charge in [-0.2, -0.15) is 5.10 Å². The molecule has 0 aliphatic rings. The van der Waals surface area contributed by atoms with Crippen LogP contribution in [-0.4, -0.2) is 29.0 Å². The molecule has 0 spiro atoms. The van der Waals surface area contributed by atoms with E-state index >= 15 is 0 Å². The lowest BCUT2D eigenvalue weighted by Gasteiger charge is -2.13. The fourth-order valence-corrected chi connectivity index (χ4v) is 4.38. The average molecular weight is 478 g/mol. The molecule has 0 aliphatic carbocycles. The standard InChI is InChI=1S/C23H19N5O5S/c29-23(25-18-7-3-6-17(14-18)16-27-13-5-12-24-27)21-10-1-2-11-22(21)26-34(32,33)20-9-4-8-19(15-20)28(30)31/h1-15,26H,16H2,(H,25,29). The second kappa shape index (κ2) is 9.55. The van der Waals surface area contributed by atoms with Gasteiger partial charge in [0.05, 0.1) is 27.6 Å². The molecule has 1 heterocycles. The third kappa shape index (κ3) is 5.27. The molecule has 1 amide bonds. The second-order valence-electron chi connectivity index (χ2n) is 7.26. The number of nitrogens with zero attached hydrogens (tertiary/aromatic N) is 3. The van der Waals surface area contributed by atoms with Crippen LogP contribution in [0.25, 0.3) is 0 Å². The van der Waals surface area contributed by atoms with Crippen LogP contribution in [0.5, 0.6) is 0 Å². The summed E-state index contributed by atoms with van der Waals surface area (Å²) in [6, 6.07) is 19.8. The quantitative estimate of drug-likeness (QED) is 0.292. The van der Waals surface area contributed by atoms with Crippen LogP contribution in [-0.2, 0) is 16.6 Å². The summed E-state index contributed by atoms with van der Waals surface area (Å²) in [5.41, 5.74) is 1.23. The number of non-ortho nitro benzene ring substituents is 1. The zero-order valence-corrected chi connectivity index (χ0v) is 18.5. The maximum atomic E-state index is 13.0. The molecule has 4 rings (SSSR count). The summed E-state index contributed by atoms with van der Waals surface area (Å²) >= 11 is 0. The molecule has 0 unspecified atom stereocenters. The lowest BCUT2D eigenvalue weighted by Crippen LogP contribution is -2.18. The number of nitro groups is 1. The third-order valence-electron chi connectivity index (χ3n) is 4.84. The maximum Gasteiger partial charge on any atom is 0.270 e. The van der Waals surface area contributed by atoms with Crippen molar-refractivity contribution in [2.45, 2.75) is 11.4 Å². The van der Waals surface area contributed by atoms with Crippen LogP contribution in [0.1, 0.15) is 15.9 Å². The van der Waals surface area contributed by atoms with Crippen molar-refractivity contribution in [1.82, 2.24) is 9.78 Å². The van der Waals surface area contributed by atoms with E-state index in [1.54, 1.807) is 41.2 Å².